The van der Waals surface area contributed by atoms with Gasteiger partial charge in [0.2, 0.25) is 0 Å². The molecule has 0 bridgehead atoms. The van der Waals surface area contributed by atoms with Gasteiger partial charge in [0.1, 0.15) is 23.8 Å². The van der Waals surface area contributed by atoms with Crippen LogP contribution in [0.5, 0.6) is 0 Å². The summed E-state index contributed by atoms with van der Waals surface area (Å²) in [4.78, 5) is 23.1. The topological polar surface area (TPSA) is 67.5 Å². The van der Waals surface area contributed by atoms with Crippen molar-refractivity contribution < 1.29 is 18.7 Å². The Hall–Kier alpha value is -2.77. The second kappa shape index (κ2) is 12.2. The van der Waals surface area contributed by atoms with E-state index in [4.69, 9.17) is 9.47 Å². The molecule has 4 rings (SSSR count). The average Bonchev–Trinajstić information content (AvgIpc) is 3.28. The molecular weight excluding hydrogens is 469 g/mol. The summed E-state index contributed by atoms with van der Waals surface area (Å²) in [6.45, 7) is 6.01. The van der Waals surface area contributed by atoms with E-state index in [9.17, 15) is 9.18 Å². The fourth-order valence-corrected chi connectivity index (χ4v) is 5.96. The van der Waals surface area contributed by atoms with Crippen LogP contribution < -0.4 is 0 Å². The van der Waals surface area contributed by atoms with Crippen LogP contribution in [0.2, 0.25) is 0 Å². The lowest BCUT2D eigenvalue weighted by Gasteiger charge is -2.47. The molecule has 2 atom stereocenters. The maximum Gasteiger partial charge on any atom is 0.332 e. The molecule has 0 saturated carbocycles. The van der Waals surface area contributed by atoms with Gasteiger partial charge < -0.3 is 19.4 Å². The Labute approximate surface area is 219 Å². The van der Waals surface area contributed by atoms with Crippen LogP contribution in [0.25, 0.3) is 11.0 Å². The van der Waals surface area contributed by atoms with E-state index >= 15 is 0 Å². The third-order valence-electron chi connectivity index (χ3n) is 7.63. The SMILES string of the molecule is COCC(=O)O[C@]1(CCN(C)CCCCc2nc3ccccc3[nH]2)CCc2cc(F)ccc2[C@@H]1C(C)C. The Morgan fingerprint density at radius 2 is 2.03 bits per heavy atom. The summed E-state index contributed by atoms with van der Waals surface area (Å²) >= 11 is 0. The fraction of sp³-hybridized carbons (Fsp3) is 0.533. The number of hydrogen-bond acceptors (Lipinski definition) is 5. The minimum absolute atomic E-state index is 0.000795. The quantitative estimate of drug-likeness (QED) is 0.252. The third-order valence-corrected chi connectivity index (χ3v) is 7.63. The number of fused-ring (bicyclic) bond motifs is 2. The van der Waals surface area contributed by atoms with E-state index in [1.165, 1.54) is 13.2 Å². The van der Waals surface area contributed by atoms with Gasteiger partial charge in [-0.3, -0.25) is 0 Å². The number of carbonyl (C=O) groups excluding carboxylic acids is 1. The van der Waals surface area contributed by atoms with E-state index in [0.29, 0.717) is 12.8 Å². The summed E-state index contributed by atoms with van der Waals surface area (Å²) < 4.78 is 25.3. The number of hydrogen-bond donors (Lipinski definition) is 1. The molecule has 1 N–H and O–H groups in total. The van der Waals surface area contributed by atoms with E-state index in [2.05, 4.69) is 41.8 Å². The highest BCUT2D eigenvalue weighted by Gasteiger charge is 2.47. The summed E-state index contributed by atoms with van der Waals surface area (Å²) in [7, 11) is 3.63. The van der Waals surface area contributed by atoms with E-state index in [-0.39, 0.29) is 30.2 Å². The number of para-hydroxylation sites is 2. The van der Waals surface area contributed by atoms with Gasteiger partial charge in [-0.25, -0.2) is 14.2 Å². The zero-order chi connectivity index (χ0) is 26.4. The molecule has 0 spiro atoms. The van der Waals surface area contributed by atoms with Gasteiger partial charge in [-0.05, 0) is 80.6 Å². The van der Waals surface area contributed by atoms with Crippen molar-refractivity contribution in [3.05, 3.63) is 65.2 Å². The largest absolute Gasteiger partial charge is 0.457 e. The van der Waals surface area contributed by atoms with Gasteiger partial charge in [0.25, 0.3) is 0 Å². The molecular formula is C30H40FN3O3. The minimum atomic E-state index is -0.642. The van der Waals surface area contributed by atoms with Crippen molar-refractivity contribution in [1.82, 2.24) is 14.9 Å². The van der Waals surface area contributed by atoms with Gasteiger partial charge in [0, 0.05) is 32.4 Å². The van der Waals surface area contributed by atoms with E-state index in [1.807, 2.05) is 24.3 Å². The number of aryl methyl sites for hydroxylation is 2. The van der Waals surface area contributed by atoms with Crippen molar-refractivity contribution >= 4 is 17.0 Å². The molecule has 7 heteroatoms. The molecule has 3 aromatic rings. The number of aromatic nitrogens is 2. The number of benzene rings is 2. The molecule has 2 aromatic carbocycles. The van der Waals surface area contributed by atoms with Crippen molar-refractivity contribution in [3.63, 3.8) is 0 Å². The fourth-order valence-electron chi connectivity index (χ4n) is 5.96. The Bertz CT molecular complexity index is 1160. The van der Waals surface area contributed by atoms with Gasteiger partial charge in [-0.1, -0.05) is 32.0 Å². The molecule has 1 aliphatic carbocycles. The first-order chi connectivity index (χ1) is 17.8. The van der Waals surface area contributed by atoms with Gasteiger partial charge in [-0.15, -0.1) is 0 Å². The highest BCUT2D eigenvalue weighted by atomic mass is 19.1. The molecule has 200 valence electrons. The lowest BCUT2D eigenvalue weighted by molar-refractivity contribution is -0.172. The highest BCUT2D eigenvalue weighted by Crippen LogP contribution is 2.48. The predicted molar refractivity (Wildman–Crippen MR) is 144 cm³/mol. The minimum Gasteiger partial charge on any atom is -0.457 e. The predicted octanol–water partition coefficient (Wildman–Crippen LogP) is 5.66. The maximum absolute atomic E-state index is 14.0. The number of methoxy groups -OCH3 is 1. The van der Waals surface area contributed by atoms with Crippen molar-refractivity contribution in [2.24, 2.45) is 5.92 Å². The second-order valence-corrected chi connectivity index (χ2v) is 10.7. The van der Waals surface area contributed by atoms with E-state index < -0.39 is 5.60 Å². The summed E-state index contributed by atoms with van der Waals surface area (Å²) in [5.74, 6) is 0.706. The Kier molecular flexibility index (Phi) is 8.98. The molecule has 0 aliphatic heterocycles. The molecule has 1 heterocycles. The number of nitrogens with one attached hydrogen (secondary N) is 1. The number of unbranched alkanes of at least 4 members (excludes halogenated alkanes) is 1. The lowest BCUT2D eigenvalue weighted by atomic mass is 9.65. The Morgan fingerprint density at radius 1 is 1.22 bits per heavy atom. The highest BCUT2D eigenvalue weighted by molar-refractivity contribution is 5.74. The van der Waals surface area contributed by atoms with E-state index in [0.717, 1.165) is 66.8 Å². The molecule has 0 amide bonds. The zero-order valence-electron chi connectivity index (χ0n) is 22.6. The van der Waals surface area contributed by atoms with Crippen LogP contribution in [0.3, 0.4) is 0 Å². The van der Waals surface area contributed by atoms with Crippen LogP contribution in [0, 0.1) is 11.7 Å². The molecule has 0 radical (unpaired) electrons. The standard InChI is InChI=1S/C30H40FN3O3/c1-21(2)29-24-13-12-23(31)19-22(24)14-15-30(29,37-28(35)20-36-4)16-18-34(3)17-8-7-11-27-32-25-9-5-6-10-26(25)33-27/h5-6,9-10,12-13,19,21,29H,7-8,11,14-18,20H2,1-4H3,(H,32,33)/t29-,30-/m0/s1. The maximum atomic E-state index is 14.0. The molecule has 0 saturated heterocycles. The molecule has 1 aliphatic rings. The molecule has 1 aromatic heterocycles. The van der Waals surface area contributed by atoms with Crippen LogP contribution in [0.1, 0.15) is 62.4 Å². The first-order valence-electron chi connectivity index (χ1n) is 13.4. The molecule has 6 nitrogen and oxygen atoms in total. The molecule has 37 heavy (non-hydrogen) atoms. The number of nitrogens with zero attached hydrogens (tertiary/aromatic N) is 2. The van der Waals surface area contributed by atoms with E-state index in [1.54, 1.807) is 6.07 Å². The van der Waals surface area contributed by atoms with Crippen molar-refractivity contribution in [3.8, 4) is 0 Å². The Balaban J connectivity index is 1.39. The van der Waals surface area contributed by atoms with Crippen molar-refractivity contribution in [2.75, 3.05) is 33.9 Å². The summed E-state index contributed by atoms with van der Waals surface area (Å²) in [5.41, 5.74) is 3.58. The van der Waals surface area contributed by atoms with Crippen LogP contribution in [0.4, 0.5) is 4.39 Å². The van der Waals surface area contributed by atoms with Crippen molar-refractivity contribution in [1.29, 1.82) is 0 Å². The lowest BCUT2D eigenvalue weighted by Crippen LogP contribution is -2.49. The van der Waals surface area contributed by atoms with Crippen LogP contribution >= 0.6 is 0 Å². The van der Waals surface area contributed by atoms with Gasteiger partial charge in [-0.2, -0.15) is 0 Å². The summed E-state index contributed by atoms with van der Waals surface area (Å²) in [6.07, 6.45) is 5.12. The van der Waals surface area contributed by atoms with Crippen LogP contribution in [-0.4, -0.2) is 60.3 Å². The first-order valence-corrected chi connectivity index (χ1v) is 13.4. The van der Waals surface area contributed by atoms with Crippen LogP contribution in [-0.2, 0) is 27.1 Å². The normalized spacial score (nSPS) is 19.5. The van der Waals surface area contributed by atoms with Gasteiger partial charge >= 0.3 is 5.97 Å². The van der Waals surface area contributed by atoms with Crippen molar-refractivity contribution in [2.45, 2.75) is 63.9 Å². The number of aromatic amines is 1. The molecule has 0 fully saturated rings. The number of ether oxygens (including phenoxy) is 2. The molecule has 0 unspecified atom stereocenters. The smallest absolute Gasteiger partial charge is 0.332 e. The summed E-state index contributed by atoms with van der Waals surface area (Å²) in [6, 6.07) is 13.2. The monoisotopic (exact) mass is 509 g/mol. The number of esters is 1. The number of imidazole rings is 1. The first kappa shape index (κ1) is 27.3. The second-order valence-electron chi connectivity index (χ2n) is 10.7. The summed E-state index contributed by atoms with van der Waals surface area (Å²) in [5, 5.41) is 0. The average molecular weight is 510 g/mol. The number of H-pyrrole nitrogens is 1. The van der Waals surface area contributed by atoms with Gasteiger partial charge in [0.05, 0.1) is 11.0 Å². The third kappa shape index (κ3) is 6.57. The number of carbonyl (C=O) groups is 1. The van der Waals surface area contributed by atoms with Crippen LogP contribution in [0.15, 0.2) is 42.5 Å². The number of rotatable bonds is 12. The van der Waals surface area contributed by atoms with Gasteiger partial charge in [0.15, 0.2) is 0 Å². The Morgan fingerprint density at radius 3 is 2.78 bits per heavy atom. The number of halogens is 1. The zero-order valence-corrected chi connectivity index (χ0v) is 22.6.